The van der Waals surface area contributed by atoms with Gasteiger partial charge in [-0.25, -0.2) is 0 Å². The molecule has 2 N–H and O–H groups in total. The monoisotopic (exact) mass is 336 g/mol. The summed E-state index contributed by atoms with van der Waals surface area (Å²) in [6.45, 7) is 0. The van der Waals surface area contributed by atoms with Crippen LogP contribution < -0.4 is 15.4 Å². The molecule has 4 rings (SSSR count). The first-order chi connectivity index (χ1) is 11.8. The highest BCUT2D eigenvalue weighted by molar-refractivity contribution is 7.80. The lowest BCUT2D eigenvalue weighted by atomic mass is 9.91. The van der Waals surface area contributed by atoms with Gasteiger partial charge in [0.05, 0.1) is 13.2 Å². The SMILES string of the molecule is COc1cccc([C@@H]2NC(=S)NC3=C2CCCc2ccccc23)c1. The third kappa shape index (κ3) is 2.67. The number of ether oxygens (including phenoxy) is 1. The number of rotatable bonds is 2. The summed E-state index contributed by atoms with van der Waals surface area (Å²) in [4.78, 5) is 0. The van der Waals surface area contributed by atoms with Gasteiger partial charge in [-0.1, -0.05) is 36.4 Å². The molecule has 0 fully saturated rings. The Kier molecular flexibility index (Phi) is 3.98. The Balaban J connectivity index is 1.85. The van der Waals surface area contributed by atoms with E-state index in [1.165, 1.54) is 28.0 Å². The van der Waals surface area contributed by atoms with Crippen molar-refractivity contribution in [2.75, 3.05) is 7.11 Å². The maximum atomic E-state index is 5.50. The van der Waals surface area contributed by atoms with Crippen molar-refractivity contribution in [3.8, 4) is 5.75 Å². The third-order valence-corrected chi connectivity index (χ3v) is 5.01. The van der Waals surface area contributed by atoms with Crippen LogP contribution in [0.1, 0.15) is 35.6 Å². The first kappa shape index (κ1) is 15.2. The molecule has 0 saturated heterocycles. The summed E-state index contributed by atoms with van der Waals surface area (Å²) in [6, 6.07) is 17.0. The fraction of sp³-hybridized carbons (Fsp3) is 0.250. The van der Waals surface area contributed by atoms with Gasteiger partial charge in [-0.15, -0.1) is 0 Å². The topological polar surface area (TPSA) is 33.3 Å². The summed E-state index contributed by atoms with van der Waals surface area (Å²) < 4.78 is 5.40. The average Bonchev–Trinajstić information content (AvgIpc) is 2.81. The van der Waals surface area contributed by atoms with E-state index in [2.05, 4.69) is 47.0 Å². The molecule has 2 aliphatic rings. The zero-order valence-corrected chi connectivity index (χ0v) is 14.5. The highest BCUT2D eigenvalue weighted by atomic mass is 32.1. The van der Waals surface area contributed by atoms with Gasteiger partial charge in [0.2, 0.25) is 0 Å². The summed E-state index contributed by atoms with van der Waals surface area (Å²) >= 11 is 5.50. The van der Waals surface area contributed by atoms with Crippen LogP contribution >= 0.6 is 12.2 Å². The summed E-state index contributed by atoms with van der Waals surface area (Å²) in [7, 11) is 1.70. The maximum absolute atomic E-state index is 5.50. The molecule has 1 heterocycles. The molecule has 0 radical (unpaired) electrons. The molecule has 1 aliphatic carbocycles. The lowest BCUT2D eigenvalue weighted by molar-refractivity contribution is 0.414. The number of nitrogens with one attached hydrogen (secondary N) is 2. The molecule has 3 nitrogen and oxygen atoms in total. The summed E-state index contributed by atoms with van der Waals surface area (Å²) in [6.07, 6.45) is 3.30. The van der Waals surface area contributed by atoms with Gasteiger partial charge in [0.15, 0.2) is 5.11 Å². The fourth-order valence-electron chi connectivity index (χ4n) is 3.66. The zero-order chi connectivity index (χ0) is 16.5. The molecule has 24 heavy (non-hydrogen) atoms. The van der Waals surface area contributed by atoms with E-state index < -0.39 is 0 Å². The number of methoxy groups -OCH3 is 1. The van der Waals surface area contributed by atoms with Crippen LogP contribution in [0.2, 0.25) is 0 Å². The predicted octanol–water partition coefficient (Wildman–Crippen LogP) is 3.96. The summed E-state index contributed by atoms with van der Waals surface area (Å²) in [5, 5.41) is 7.54. The van der Waals surface area contributed by atoms with Crippen LogP contribution in [0.4, 0.5) is 0 Å². The predicted molar refractivity (Wildman–Crippen MR) is 101 cm³/mol. The van der Waals surface area contributed by atoms with Crippen molar-refractivity contribution in [2.24, 2.45) is 0 Å². The average molecular weight is 336 g/mol. The van der Waals surface area contributed by atoms with Gasteiger partial charge in [0.25, 0.3) is 0 Å². The molecule has 0 bridgehead atoms. The second kappa shape index (κ2) is 6.29. The number of hydrogen-bond donors (Lipinski definition) is 2. The number of thiocarbonyl (C=S) groups is 1. The Morgan fingerprint density at radius 2 is 1.96 bits per heavy atom. The van der Waals surface area contributed by atoms with E-state index in [0.29, 0.717) is 5.11 Å². The lowest BCUT2D eigenvalue weighted by Gasteiger charge is -2.32. The minimum absolute atomic E-state index is 0.0926. The Hall–Kier alpha value is -2.33. The van der Waals surface area contributed by atoms with Crippen molar-refractivity contribution in [2.45, 2.75) is 25.3 Å². The first-order valence-corrected chi connectivity index (χ1v) is 8.70. The molecule has 2 aromatic rings. The van der Waals surface area contributed by atoms with Crippen molar-refractivity contribution in [1.82, 2.24) is 10.6 Å². The lowest BCUT2D eigenvalue weighted by Crippen LogP contribution is -2.43. The van der Waals surface area contributed by atoms with Gasteiger partial charge in [-0.05, 0) is 60.3 Å². The molecule has 4 heteroatoms. The van der Waals surface area contributed by atoms with Gasteiger partial charge in [-0.3, -0.25) is 0 Å². The van der Waals surface area contributed by atoms with Gasteiger partial charge in [-0.2, -0.15) is 0 Å². The van der Waals surface area contributed by atoms with Crippen molar-refractivity contribution < 1.29 is 4.74 Å². The Bertz CT molecular complexity index is 828. The van der Waals surface area contributed by atoms with E-state index in [1.807, 2.05) is 12.1 Å². The van der Waals surface area contributed by atoms with Crippen molar-refractivity contribution in [3.63, 3.8) is 0 Å². The van der Waals surface area contributed by atoms with Crippen LogP contribution in [0, 0.1) is 0 Å². The molecule has 1 atom stereocenters. The van der Waals surface area contributed by atoms with Crippen LogP contribution in [0.25, 0.3) is 5.70 Å². The van der Waals surface area contributed by atoms with Gasteiger partial charge in [0.1, 0.15) is 5.75 Å². The summed E-state index contributed by atoms with van der Waals surface area (Å²) in [5.41, 5.74) is 6.41. The van der Waals surface area contributed by atoms with Crippen LogP contribution in [0.15, 0.2) is 54.1 Å². The summed E-state index contributed by atoms with van der Waals surface area (Å²) in [5.74, 6) is 0.870. The molecule has 1 aliphatic heterocycles. The molecule has 0 saturated carbocycles. The minimum atomic E-state index is 0.0926. The van der Waals surface area contributed by atoms with E-state index in [9.17, 15) is 0 Å². The Labute approximate surface area is 147 Å². The highest BCUT2D eigenvalue weighted by Crippen LogP contribution is 2.38. The second-order valence-corrected chi connectivity index (χ2v) is 6.63. The zero-order valence-electron chi connectivity index (χ0n) is 13.6. The normalized spacial score (nSPS) is 19.5. The molecule has 122 valence electrons. The fourth-order valence-corrected chi connectivity index (χ4v) is 3.88. The Morgan fingerprint density at radius 3 is 2.83 bits per heavy atom. The minimum Gasteiger partial charge on any atom is -0.497 e. The van der Waals surface area contributed by atoms with E-state index in [1.54, 1.807) is 7.11 Å². The molecule has 0 amide bonds. The van der Waals surface area contributed by atoms with E-state index in [-0.39, 0.29) is 6.04 Å². The largest absolute Gasteiger partial charge is 0.497 e. The van der Waals surface area contributed by atoms with E-state index >= 15 is 0 Å². The number of benzene rings is 2. The van der Waals surface area contributed by atoms with Crippen LogP contribution in [-0.4, -0.2) is 12.2 Å². The van der Waals surface area contributed by atoms with Crippen LogP contribution in [0.5, 0.6) is 5.75 Å². The number of fused-ring (bicyclic) bond motifs is 2. The van der Waals surface area contributed by atoms with Crippen molar-refractivity contribution >= 4 is 23.0 Å². The van der Waals surface area contributed by atoms with Crippen molar-refractivity contribution in [3.05, 3.63) is 70.8 Å². The first-order valence-electron chi connectivity index (χ1n) is 8.29. The molecule has 0 unspecified atom stereocenters. The standard InChI is InChI=1S/C20H20N2OS/c1-23-15-9-4-8-14(12-15)18-17-11-5-7-13-6-2-3-10-16(13)19(17)22-20(24)21-18/h2-4,6,8-10,12,18H,5,7,11H2,1H3,(H2,21,22,24)/t18-/m0/s1. The van der Waals surface area contributed by atoms with Crippen molar-refractivity contribution in [1.29, 1.82) is 0 Å². The van der Waals surface area contributed by atoms with Crippen LogP contribution in [0.3, 0.4) is 0 Å². The molecule has 2 aromatic carbocycles. The quantitative estimate of drug-likeness (QED) is 0.813. The van der Waals surface area contributed by atoms with Gasteiger partial charge in [0, 0.05) is 11.3 Å². The number of hydrogen-bond acceptors (Lipinski definition) is 2. The molecular formula is C20H20N2OS. The molecular weight excluding hydrogens is 316 g/mol. The van der Waals surface area contributed by atoms with Gasteiger partial charge < -0.3 is 15.4 Å². The third-order valence-electron chi connectivity index (χ3n) is 4.79. The van der Waals surface area contributed by atoms with Crippen LogP contribution in [-0.2, 0) is 6.42 Å². The van der Waals surface area contributed by atoms with Gasteiger partial charge >= 0.3 is 0 Å². The molecule has 0 aromatic heterocycles. The Morgan fingerprint density at radius 1 is 1.08 bits per heavy atom. The smallest absolute Gasteiger partial charge is 0.171 e. The second-order valence-electron chi connectivity index (χ2n) is 6.22. The van der Waals surface area contributed by atoms with E-state index in [4.69, 9.17) is 17.0 Å². The number of aryl methyl sites for hydroxylation is 1. The molecule has 0 spiro atoms. The maximum Gasteiger partial charge on any atom is 0.171 e. The van der Waals surface area contributed by atoms with E-state index in [0.717, 1.165) is 25.0 Å². The highest BCUT2D eigenvalue weighted by Gasteiger charge is 2.29.